The van der Waals surface area contributed by atoms with Gasteiger partial charge in [0.1, 0.15) is 5.82 Å². The van der Waals surface area contributed by atoms with Crippen molar-refractivity contribution in [1.29, 1.82) is 0 Å². The third kappa shape index (κ3) is 3.32. The number of benzene rings is 2. The van der Waals surface area contributed by atoms with Crippen molar-refractivity contribution in [2.24, 2.45) is 5.92 Å². The van der Waals surface area contributed by atoms with Crippen LogP contribution in [0.2, 0.25) is 5.02 Å². The van der Waals surface area contributed by atoms with Crippen LogP contribution in [0.15, 0.2) is 36.4 Å². The Kier molecular flexibility index (Phi) is 5.21. The number of aliphatic hydroxyl groups excluding tert-OH is 1. The molecule has 0 amide bonds. The Hall–Kier alpha value is -2.97. The largest absolute Gasteiger partial charge is 0.481 e. The Morgan fingerprint density at radius 1 is 1.23 bits per heavy atom. The maximum absolute atomic E-state index is 14.8. The molecular formula is C21H19ClFN3O4. The molecule has 1 aliphatic heterocycles. The zero-order chi connectivity index (χ0) is 21.6. The van der Waals surface area contributed by atoms with E-state index in [4.69, 9.17) is 11.6 Å². The molecule has 4 rings (SSSR count). The molecule has 0 bridgehead atoms. The number of carboxylic acid groups (broad SMARTS) is 1. The normalized spacial score (nSPS) is 19.3. The molecule has 0 unspecified atom stereocenters. The second-order valence-corrected chi connectivity index (χ2v) is 7.76. The van der Waals surface area contributed by atoms with E-state index in [1.807, 2.05) is 0 Å². The number of carbonyl (C=O) groups is 2. The topological polar surface area (TPSA) is 95.7 Å². The quantitative estimate of drug-likeness (QED) is 0.661. The Labute approximate surface area is 176 Å². The molecule has 2 aromatic carbocycles. The summed E-state index contributed by atoms with van der Waals surface area (Å²) in [4.78, 5) is 26.1. The monoisotopic (exact) mass is 431 g/mol. The van der Waals surface area contributed by atoms with Gasteiger partial charge in [-0.1, -0.05) is 29.8 Å². The highest BCUT2D eigenvalue weighted by Gasteiger charge is 2.35. The molecule has 0 radical (unpaired) electrons. The summed E-state index contributed by atoms with van der Waals surface area (Å²) in [6.45, 7) is 1.98. The van der Waals surface area contributed by atoms with E-state index in [1.54, 1.807) is 36.1 Å². The summed E-state index contributed by atoms with van der Waals surface area (Å²) < 4.78 is 15.9. The Bertz CT molecular complexity index is 1140. The number of piperidine rings is 1. The fourth-order valence-electron chi connectivity index (χ4n) is 3.91. The molecule has 7 nitrogen and oxygen atoms in total. The number of nitrogens with zero attached hydrogens (tertiary/aromatic N) is 3. The first kappa shape index (κ1) is 20.3. The zero-order valence-corrected chi connectivity index (χ0v) is 16.8. The number of aromatic nitrogens is 2. The van der Waals surface area contributed by atoms with Crippen LogP contribution in [0.25, 0.3) is 10.9 Å². The smallest absolute Gasteiger partial charge is 0.309 e. The minimum Gasteiger partial charge on any atom is -0.481 e. The summed E-state index contributed by atoms with van der Waals surface area (Å²) in [6, 6.07) is 9.41. The molecule has 9 heteroatoms. The number of aliphatic carboxylic acids is 1. The van der Waals surface area contributed by atoms with Gasteiger partial charge in [-0.05, 0) is 37.1 Å². The van der Waals surface area contributed by atoms with Crippen LogP contribution in [0.3, 0.4) is 0 Å². The van der Waals surface area contributed by atoms with Crippen molar-refractivity contribution >= 4 is 40.2 Å². The molecule has 1 aromatic heterocycles. The molecule has 2 N–H and O–H groups in total. The average Bonchev–Trinajstić information content (AvgIpc) is 3.08. The first-order chi connectivity index (χ1) is 14.3. The van der Waals surface area contributed by atoms with E-state index in [0.29, 0.717) is 5.56 Å². The summed E-state index contributed by atoms with van der Waals surface area (Å²) in [5.41, 5.74) is 1.19. The van der Waals surface area contributed by atoms with Crippen molar-refractivity contribution in [2.45, 2.75) is 19.4 Å². The summed E-state index contributed by atoms with van der Waals surface area (Å²) >= 11 is 6.24. The van der Waals surface area contributed by atoms with E-state index >= 15 is 0 Å². The van der Waals surface area contributed by atoms with Gasteiger partial charge in [0.05, 0.1) is 33.5 Å². The van der Waals surface area contributed by atoms with Gasteiger partial charge in [0.15, 0.2) is 5.82 Å². The molecule has 1 saturated heterocycles. The van der Waals surface area contributed by atoms with Crippen LogP contribution in [0, 0.1) is 18.7 Å². The number of fused-ring (bicyclic) bond motifs is 1. The second-order valence-electron chi connectivity index (χ2n) is 7.35. The van der Waals surface area contributed by atoms with Gasteiger partial charge >= 0.3 is 5.97 Å². The van der Waals surface area contributed by atoms with Crippen LogP contribution in [-0.4, -0.2) is 51.1 Å². The maximum atomic E-state index is 14.8. The van der Waals surface area contributed by atoms with Gasteiger partial charge in [-0.2, -0.15) is 4.68 Å². The number of hydrogen-bond acceptors (Lipinski definition) is 5. The number of carboxylic acids is 1. The van der Waals surface area contributed by atoms with Crippen molar-refractivity contribution in [2.75, 3.05) is 18.0 Å². The van der Waals surface area contributed by atoms with Crippen molar-refractivity contribution in [3.8, 4) is 0 Å². The number of rotatable bonds is 3. The number of hydrogen-bond donors (Lipinski definition) is 2. The minimum atomic E-state index is -1.13. The van der Waals surface area contributed by atoms with Crippen LogP contribution in [0.4, 0.5) is 10.2 Å². The lowest BCUT2D eigenvalue weighted by Gasteiger charge is -2.34. The lowest BCUT2D eigenvalue weighted by Crippen LogP contribution is -2.47. The van der Waals surface area contributed by atoms with Gasteiger partial charge in [0.25, 0.3) is 5.91 Å². The van der Waals surface area contributed by atoms with E-state index in [1.165, 1.54) is 12.1 Å². The van der Waals surface area contributed by atoms with Gasteiger partial charge < -0.3 is 15.1 Å². The number of aliphatic hydroxyl groups is 1. The van der Waals surface area contributed by atoms with Crippen molar-refractivity contribution in [3.63, 3.8) is 0 Å². The zero-order valence-electron chi connectivity index (χ0n) is 16.0. The van der Waals surface area contributed by atoms with Gasteiger partial charge in [0, 0.05) is 13.1 Å². The minimum absolute atomic E-state index is 0.0310. The van der Waals surface area contributed by atoms with Gasteiger partial charge in [-0.25, -0.2) is 4.39 Å². The van der Waals surface area contributed by atoms with Gasteiger partial charge in [-0.15, -0.1) is 5.10 Å². The summed E-state index contributed by atoms with van der Waals surface area (Å²) in [6.07, 6.45) is -0.957. The number of aryl methyl sites for hydroxylation is 1. The predicted molar refractivity (Wildman–Crippen MR) is 110 cm³/mol. The first-order valence-corrected chi connectivity index (χ1v) is 9.80. The molecule has 0 spiro atoms. The molecule has 1 aliphatic rings. The number of β-amino-alcohol motifs (C(OH)–C–C–N with tert-alkyl or cyclic N) is 1. The van der Waals surface area contributed by atoms with Crippen molar-refractivity contribution in [3.05, 3.63) is 58.4 Å². The Balaban J connectivity index is 1.82. The van der Waals surface area contributed by atoms with E-state index in [9.17, 15) is 24.2 Å². The standard InChI is InChI=1S/C21H19ClFN3O4/c1-11-4-2-5-13(22)17(11)20(28)26-15-7-3-6-14(23)18(15)19(24-26)25-9-8-12(21(29)30)16(27)10-25/h2-7,12,16,27H,8-10H2,1H3,(H,29,30)/t12-,16+/m1/s1. The van der Waals surface area contributed by atoms with Crippen LogP contribution >= 0.6 is 11.6 Å². The van der Waals surface area contributed by atoms with E-state index in [-0.39, 0.29) is 46.8 Å². The third-order valence-corrected chi connectivity index (χ3v) is 5.78. The van der Waals surface area contributed by atoms with Crippen LogP contribution in [-0.2, 0) is 4.79 Å². The average molecular weight is 432 g/mol. The third-order valence-electron chi connectivity index (χ3n) is 5.46. The Morgan fingerprint density at radius 2 is 1.97 bits per heavy atom. The van der Waals surface area contributed by atoms with E-state index in [2.05, 4.69) is 5.10 Å². The Morgan fingerprint density at radius 3 is 2.63 bits per heavy atom. The maximum Gasteiger partial charge on any atom is 0.309 e. The first-order valence-electron chi connectivity index (χ1n) is 9.42. The molecule has 2 atom stereocenters. The fourth-order valence-corrected chi connectivity index (χ4v) is 4.21. The predicted octanol–water partition coefficient (Wildman–Crippen LogP) is 3.10. The molecule has 30 heavy (non-hydrogen) atoms. The molecule has 2 heterocycles. The highest BCUT2D eigenvalue weighted by atomic mass is 35.5. The molecule has 3 aromatic rings. The lowest BCUT2D eigenvalue weighted by atomic mass is 9.94. The van der Waals surface area contributed by atoms with Crippen molar-refractivity contribution in [1.82, 2.24) is 9.78 Å². The van der Waals surface area contributed by atoms with Gasteiger partial charge in [0.2, 0.25) is 0 Å². The summed E-state index contributed by atoms with van der Waals surface area (Å²) in [5, 5.41) is 24.2. The van der Waals surface area contributed by atoms with Crippen molar-refractivity contribution < 1.29 is 24.2 Å². The SMILES string of the molecule is Cc1cccc(Cl)c1C(=O)n1nc(N2CC[C@@H](C(=O)O)[C@@H](O)C2)c2c(F)cccc21. The molecule has 156 valence electrons. The fraction of sp³-hybridized carbons (Fsp3) is 0.286. The van der Waals surface area contributed by atoms with Crippen LogP contribution in [0.5, 0.6) is 0 Å². The van der Waals surface area contributed by atoms with Crippen LogP contribution in [0.1, 0.15) is 22.3 Å². The second kappa shape index (κ2) is 7.70. The van der Waals surface area contributed by atoms with Gasteiger partial charge in [-0.3, -0.25) is 9.59 Å². The highest BCUT2D eigenvalue weighted by Crippen LogP contribution is 2.33. The summed E-state index contributed by atoms with van der Waals surface area (Å²) in [7, 11) is 0. The van der Waals surface area contributed by atoms with Crippen LogP contribution < -0.4 is 4.90 Å². The lowest BCUT2D eigenvalue weighted by molar-refractivity contribution is -0.146. The molecule has 0 saturated carbocycles. The molecule has 1 fully saturated rings. The molecular weight excluding hydrogens is 413 g/mol. The number of halogens is 2. The van der Waals surface area contributed by atoms with E-state index < -0.39 is 29.7 Å². The van der Waals surface area contributed by atoms with E-state index in [0.717, 1.165) is 4.68 Å². The highest BCUT2D eigenvalue weighted by molar-refractivity contribution is 6.34. The summed E-state index contributed by atoms with van der Waals surface area (Å²) in [5.74, 6) is -2.85. The number of carbonyl (C=O) groups excluding carboxylic acids is 1. The number of anilines is 1. The molecule has 0 aliphatic carbocycles.